The molecule has 0 bridgehead atoms. The highest BCUT2D eigenvalue weighted by molar-refractivity contribution is 7.92. The number of rotatable bonds is 9. The number of anilines is 2. The summed E-state index contributed by atoms with van der Waals surface area (Å²) < 4.78 is 31.1. The minimum absolute atomic E-state index is 0. The van der Waals surface area contributed by atoms with Crippen molar-refractivity contribution in [2.24, 2.45) is 0 Å². The first-order valence-corrected chi connectivity index (χ1v) is 10.9. The second kappa shape index (κ2) is 11.0. The number of hydrogen-bond donors (Lipinski definition) is 3. The summed E-state index contributed by atoms with van der Waals surface area (Å²) in [6.45, 7) is 7.32. The molecule has 0 spiro atoms. The highest BCUT2D eigenvalue weighted by atomic mass is 35.5. The Labute approximate surface area is 178 Å². The number of halogens is 1. The predicted octanol–water partition coefficient (Wildman–Crippen LogP) is 3.42. The molecule has 0 atom stereocenters. The van der Waals surface area contributed by atoms with Crippen LogP contribution in [-0.4, -0.2) is 39.8 Å². The van der Waals surface area contributed by atoms with Crippen LogP contribution >= 0.6 is 12.4 Å². The summed E-state index contributed by atoms with van der Waals surface area (Å²) in [5, 5.41) is 6.10. The van der Waals surface area contributed by atoms with Gasteiger partial charge in [-0.05, 0) is 42.8 Å². The van der Waals surface area contributed by atoms with Crippen LogP contribution in [0.2, 0.25) is 0 Å². The molecule has 29 heavy (non-hydrogen) atoms. The van der Waals surface area contributed by atoms with Gasteiger partial charge in [0, 0.05) is 18.3 Å². The quantitative estimate of drug-likeness (QED) is 0.518. The highest BCUT2D eigenvalue weighted by Gasteiger charge is 2.15. The number of benzene rings is 2. The molecule has 0 saturated heterocycles. The first kappa shape index (κ1) is 24.7. The summed E-state index contributed by atoms with van der Waals surface area (Å²) >= 11 is 0. The lowest BCUT2D eigenvalue weighted by Crippen LogP contribution is -2.27. The standard InChI is InChI=1S/C20H27N3O4S.ClH/c1-14(2)21-11-12-27-16-9-10-18(15(3)13-16)22-20(24)17-7-5-6-8-19(17)23-28(4,25)26;/h5-10,13-14,21,23H,11-12H2,1-4H3,(H,22,24);1H. The minimum Gasteiger partial charge on any atom is -0.492 e. The van der Waals surface area contributed by atoms with E-state index in [9.17, 15) is 13.2 Å². The van der Waals surface area contributed by atoms with Crippen LogP contribution in [0.15, 0.2) is 42.5 Å². The average Bonchev–Trinajstić information content (AvgIpc) is 2.59. The van der Waals surface area contributed by atoms with E-state index in [0.29, 0.717) is 18.3 Å². The molecule has 2 aromatic carbocycles. The molecule has 0 saturated carbocycles. The maximum atomic E-state index is 12.6. The van der Waals surface area contributed by atoms with Gasteiger partial charge in [-0.2, -0.15) is 0 Å². The minimum atomic E-state index is -3.49. The van der Waals surface area contributed by atoms with Crippen molar-refractivity contribution in [3.8, 4) is 5.75 Å². The summed E-state index contributed by atoms with van der Waals surface area (Å²) in [5.74, 6) is 0.324. The average molecular weight is 442 g/mol. The van der Waals surface area contributed by atoms with E-state index in [1.807, 2.05) is 13.0 Å². The molecule has 7 nitrogen and oxygen atoms in total. The summed E-state index contributed by atoms with van der Waals surface area (Å²) in [6.07, 6.45) is 1.04. The Hall–Kier alpha value is -2.29. The Morgan fingerprint density at radius 2 is 1.79 bits per heavy atom. The van der Waals surface area contributed by atoms with Crippen molar-refractivity contribution >= 4 is 39.7 Å². The van der Waals surface area contributed by atoms with Crippen molar-refractivity contribution in [2.45, 2.75) is 26.8 Å². The summed E-state index contributed by atoms with van der Waals surface area (Å²) in [4.78, 5) is 12.6. The van der Waals surface area contributed by atoms with Crippen molar-refractivity contribution in [1.29, 1.82) is 0 Å². The second-order valence-electron chi connectivity index (χ2n) is 6.81. The van der Waals surface area contributed by atoms with E-state index in [0.717, 1.165) is 24.1 Å². The maximum Gasteiger partial charge on any atom is 0.257 e. The number of hydrogen-bond acceptors (Lipinski definition) is 5. The zero-order valence-electron chi connectivity index (χ0n) is 17.0. The molecule has 2 rings (SSSR count). The third-order valence-electron chi connectivity index (χ3n) is 3.84. The topological polar surface area (TPSA) is 96.5 Å². The number of nitrogens with one attached hydrogen (secondary N) is 3. The number of carbonyl (C=O) groups is 1. The fourth-order valence-electron chi connectivity index (χ4n) is 2.54. The van der Waals surface area contributed by atoms with Crippen LogP contribution < -0.4 is 20.1 Å². The van der Waals surface area contributed by atoms with E-state index in [-0.39, 0.29) is 23.7 Å². The number of ether oxygens (including phenoxy) is 1. The Balaban J connectivity index is 0.00000420. The molecule has 160 valence electrons. The summed E-state index contributed by atoms with van der Waals surface area (Å²) in [5.41, 5.74) is 1.95. The van der Waals surface area contributed by atoms with Crippen molar-refractivity contribution in [3.05, 3.63) is 53.6 Å². The molecule has 9 heteroatoms. The van der Waals surface area contributed by atoms with Crippen LogP contribution in [-0.2, 0) is 10.0 Å². The van der Waals surface area contributed by atoms with Gasteiger partial charge in [-0.1, -0.05) is 26.0 Å². The van der Waals surface area contributed by atoms with Gasteiger partial charge in [0.2, 0.25) is 10.0 Å². The van der Waals surface area contributed by atoms with Gasteiger partial charge in [0.15, 0.2) is 0 Å². The van der Waals surface area contributed by atoms with Gasteiger partial charge in [-0.15, -0.1) is 12.4 Å². The van der Waals surface area contributed by atoms with E-state index in [2.05, 4.69) is 29.2 Å². The molecule has 3 N–H and O–H groups in total. The van der Waals surface area contributed by atoms with Crippen LogP contribution in [0, 0.1) is 6.92 Å². The molecular formula is C20H28ClN3O4S. The largest absolute Gasteiger partial charge is 0.492 e. The first-order valence-electron chi connectivity index (χ1n) is 9.00. The van der Waals surface area contributed by atoms with E-state index >= 15 is 0 Å². The van der Waals surface area contributed by atoms with Crippen LogP contribution in [0.5, 0.6) is 5.75 Å². The molecule has 0 unspecified atom stereocenters. The molecule has 0 radical (unpaired) electrons. The van der Waals surface area contributed by atoms with Gasteiger partial charge < -0.3 is 15.4 Å². The lowest BCUT2D eigenvalue weighted by atomic mass is 10.1. The first-order chi connectivity index (χ1) is 13.2. The summed E-state index contributed by atoms with van der Waals surface area (Å²) in [6, 6.07) is 12.3. The third-order valence-corrected chi connectivity index (χ3v) is 4.43. The highest BCUT2D eigenvalue weighted by Crippen LogP contribution is 2.23. The number of aryl methyl sites for hydroxylation is 1. The second-order valence-corrected chi connectivity index (χ2v) is 8.56. The number of amides is 1. The number of para-hydroxylation sites is 1. The fourth-order valence-corrected chi connectivity index (χ4v) is 3.12. The lowest BCUT2D eigenvalue weighted by molar-refractivity contribution is 0.102. The monoisotopic (exact) mass is 441 g/mol. The van der Waals surface area contributed by atoms with Gasteiger partial charge in [0.05, 0.1) is 17.5 Å². The van der Waals surface area contributed by atoms with Crippen LogP contribution in [0.25, 0.3) is 0 Å². The Kier molecular flexibility index (Phi) is 9.42. The van der Waals surface area contributed by atoms with Crippen molar-refractivity contribution < 1.29 is 17.9 Å². The molecular weight excluding hydrogens is 414 g/mol. The van der Waals surface area contributed by atoms with Crippen molar-refractivity contribution in [1.82, 2.24) is 5.32 Å². The zero-order chi connectivity index (χ0) is 20.7. The molecule has 0 fully saturated rings. The van der Waals surface area contributed by atoms with E-state index in [1.165, 1.54) is 0 Å². The van der Waals surface area contributed by atoms with Gasteiger partial charge in [-0.3, -0.25) is 9.52 Å². The van der Waals surface area contributed by atoms with E-state index in [4.69, 9.17) is 4.74 Å². The molecule has 2 aromatic rings. The molecule has 0 aliphatic rings. The van der Waals surface area contributed by atoms with Crippen LogP contribution in [0.4, 0.5) is 11.4 Å². The zero-order valence-corrected chi connectivity index (χ0v) is 18.6. The van der Waals surface area contributed by atoms with Gasteiger partial charge in [0.25, 0.3) is 5.91 Å². The van der Waals surface area contributed by atoms with Gasteiger partial charge >= 0.3 is 0 Å². The van der Waals surface area contributed by atoms with Crippen LogP contribution in [0.3, 0.4) is 0 Å². The predicted molar refractivity (Wildman–Crippen MR) is 120 cm³/mol. The summed E-state index contributed by atoms with van der Waals surface area (Å²) in [7, 11) is -3.49. The lowest BCUT2D eigenvalue weighted by Gasteiger charge is -2.14. The number of carbonyl (C=O) groups excluding carboxylic acids is 1. The van der Waals surface area contributed by atoms with Gasteiger partial charge in [0.1, 0.15) is 12.4 Å². The maximum absolute atomic E-state index is 12.6. The molecule has 0 aliphatic carbocycles. The molecule has 0 aliphatic heterocycles. The molecule has 0 heterocycles. The Bertz CT molecular complexity index is 933. The molecule has 0 aromatic heterocycles. The van der Waals surface area contributed by atoms with Crippen molar-refractivity contribution in [3.63, 3.8) is 0 Å². The number of sulfonamides is 1. The fraction of sp³-hybridized carbons (Fsp3) is 0.350. The Morgan fingerprint density at radius 1 is 1.10 bits per heavy atom. The third kappa shape index (κ3) is 8.31. The molecule has 1 amide bonds. The van der Waals surface area contributed by atoms with Crippen molar-refractivity contribution in [2.75, 3.05) is 29.4 Å². The smallest absolute Gasteiger partial charge is 0.257 e. The SMILES string of the molecule is Cc1cc(OCCNC(C)C)ccc1NC(=O)c1ccccc1NS(C)(=O)=O.Cl. The van der Waals surface area contributed by atoms with E-state index < -0.39 is 15.9 Å². The Morgan fingerprint density at radius 3 is 2.41 bits per heavy atom. The normalized spacial score (nSPS) is 10.9. The van der Waals surface area contributed by atoms with E-state index in [1.54, 1.807) is 36.4 Å². The van der Waals surface area contributed by atoms with Gasteiger partial charge in [-0.25, -0.2) is 8.42 Å². The van der Waals surface area contributed by atoms with Crippen LogP contribution in [0.1, 0.15) is 29.8 Å².